The third-order valence-corrected chi connectivity index (χ3v) is 11.9. The number of amides is 2. The molecule has 1 aromatic heterocycles. The molecule has 4 N–H and O–H groups in total. The number of hydrogen-bond donors (Lipinski definition) is 3. The van der Waals surface area contributed by atoms with Crippen LogP contribution >= 0.6 is 22.9 Å². The third kappa shape index (κ3) is 4.62. The molecule has 4 rings (SSSR count). The second-order valence-electron chi connectivity index (χ2n) is 9.82. The lowest BCUT2D eigenvalue weighted by Crippen LogP contribution is -2.57. The number of sulfone groups is 1. The summed E-state index contributed by atoms with van der Waals surface area (Å²) in [4.78, 5) is 28.1. The molecule has 1 fully saturated rings. The zero-order chi connectivity index (χ0) is 25.6. The molecule has 2 amide bonds. The van der Waals surface area contributed by atoms with Crippen LogP contribution in [0, 0.1) is 0 Å². The molecular weight excluding hydrogens is 510 g/mol. The average molecular weight is 540 g/mol. The summed E-state index contributed by atoms with van der Waals surface area (Å²) < 4.78 is 24.6. The summed E-state index contributed by atoms with van der Waals surface area (Å²) in [6, 6.07) is 6.27. The number of nitrogens with zero attached hydrogens (tertiary/aromatic N) is 1. The number of nitrogens with one attached hydrogen (secondary N) is 1. The highest BCUT2D eigenvalue weighted by Crippen LogP contribution is 2.50. The van der Waals surface area contributed by atoms with Crippen LogP contribution in [0.15, 0.2) is 29.6 Å². The van der Waals surface area contributed by atoms with Gasteiger partial charge in [-0.25, -0.2) is 8.42 Å². The molecule has 1 aliphatic carbocycles. The Bertz CT molecular complexity index is 1240. The Morgan fingerprint density at radius 1 is 1.31 bits per heavy atom. The van der Waals surface area contributed by atoms with E-state index in [0.29, 0.717) is 53.4 Å². The highest BCUT2D eigenvalue weighted by molar-refractivity contribution is 7.94. The Hall–Kier alpha value is -1.98. The SMILES string of the molecule is CC(C)([C@H](N)CO)S(=O)(=O)C1(CN2CCc3c(C(=O)NCc4ccc(Cl)cc4)csc3C2=O)CC1. The number of aliphatic hydroxyl groups is 1. The molecule has 1 saturated carbocycles. The molecule has 2 heterocycles. The molecule has 2 aromatic rings. The zero-order valence-electron chi connectivity index (χ0n) is 19.7. The van der Waals surface area contributed by atoms with Crippen molar-refractivity contribution < 1.29 is 23.1 Å². The van der Waals surface area contributed by atoms with Gasteiger partial charge < -0.3 is 21.1 Å². The van der Waals surface area contributed by atoms with Gasteiger partial charge in [-0.1, -0.05) is 23.7 Å². The summed E-state index contributed by atoms with van der Waals surface area (Å²) in [5.41, 5.74) is 8.03. The molecule has 0 radical (unpaired) electrons. The maximum Gasteiger partial charge on any atom is 0.264 e. The maximum atomic E-state index is 13.5. The van der Waals surface area contributed by atoms with E-state index in [2.05, 4.69) is 5.32 Å². The lowest BCUT2D eigenvalue weighted by molar-refractivity contribution is 0.0741. The minimum absolute atomic E-state index is 0.0885. The molecule has 1 atom stereocenters. The molecule has 11 heteroatoms. The summed E-state index contributed by atoms with van der Waals surface area (Å²) >= 11 is 7.11. The Balaban J connectivity index is 1.47. The Morgan fingerprint density at radius 3 is 2.57 bits per heavy atom. The van der Waals surface area contributed by atoms with Gasteiger partial charge in [0, 0.05) is 36.1 Å². The van der Waals surface area contributed by atoms with Gasteiger partial charge in [0.1, 0.15) is 0 Å². The van der Waals surface area contributed by atoms with E-state index in [1.54, 1.807) is 22.4 Å². The average Bonchev–Trinajstić information content (AvgIpc) is 3.50. The van der Waals surface area contributed by atoms with Crippen LogP contribution in [0.25, 0.3) is 0 Å². The molecule has 2 aliphatic rings. The predicted octanol–water partition coefficient (Wildman–Crippen LogP) is 2.38. The van der Waals surface area contributed by atoms with Gasteiger partial charge in [-0.3, -0.25) is 9.59 Å². The second-order valence-corrected chi connectivity index (χ2v) is 14.1. The lowest BCUT2D eigenvalue weighted by Gasteiger charge is -2.37. The molecule has 0 spiro atoms. The van der Waals surface area contributed by atoms with Crippen LogP contribution in [0.5, 0.6) is 0 Å². The second kappa shape index (κ2) is 9.48. The number of halogens is 1. The highest BCUT2D eigenvalue weighted by Gasteiger charge is 2.62. The van der Waals surface area contributed by atoms with E-state index in [1.807, 2.05) is 12.1 Å². The maximum absolute atomic E-state index is 13.5. The molecule has 35 heavy (non-hydrogen) atoms. The van der Waals surface area contributed by atoms with Crippen molar-refractivity contribution in [2.75, 3.05) is 19.7 Å². The monoisotopic (exact) mass is 539 g/mol. The van der Waals surface area contributed by atoms with Gasteiger partial charge in [0.25, 0.3) is 11.8 Å². The van der Waals surface area contributed by atoms with Crippen LogP contribution in [0.4, 0.5) is 0 Å². The van der Waals surface area contributed by atoms with Gasteiger partial charge in [0.15, 0.2) is 9.84 Å². The van der Waals surface area contributed by atoms with Crippen molar-refractivity contribution in [3.8, 4) is 0 Å². The number of benzene rings is 1. The Labute approximate surface area is 214 Å². The third-order valence-electron chi connectivity index (χ3n) is 7.26. The van der Waals surface area contributed by atoms with E-state index >= 15 is 0 Å². The van der Waals surface area contributed by atoms with E-state index in [4.69, 9.17) is 17.3 Å². The molecule has 190 valence electrons. The quantitative estimate of drug-likeness (QED) is 0.448. The van der Waals surface area contributed by atoms with E-state index in [9.17, 15) is 23.1 Å². The summed E-state index contributed by atoms with van der Waals surface area (Å²) in [5, 5.41) is 14.7. The van der Waals surface area contributed by atoms with E-state index < -0.39 is 32.0 Å². The fourth-order valence-electron chi connectivity index (χ4n) is 4.50. The number of fused-ring (bicyclic) bond motifs is 1. The number of hydrogen-bond acceptors (Lipinski definition) is 7. The van der Waals surface area contributed by atoms with Crippen LogP contribution in [0.3, 0.4) is 0 Å². The van der Waals surface area contributed by atoms with Crippen molar-refractivity contribution in [2.45, 2.75) is 55.2 Å². The van der Waals surface area contributed by atoms with Crippen LogP contribution in [-0.2, 0) is 22.8 Å². The molecule has 8 nitrogen and oxygen atoms in total. The van der Waals surface area contributed by atoms with Crippen LogP contribution in [0.1, 0.15) is 57.8 Å². The smallest absolute Gasteiger partial charge is 0.264 e. The fraction of sp³-hybridized carbons (Fsp3) is 0.500. The normalized spacial score (nSPS) is 18.2. The number of carbonyl (C=O) groups is 2. The minimum Gasteiger partial charge on any atom is -0.395 e. The van der Waals surface area contributed by atoms with Crippen LogP contribution < -0.4 is 11.1 Å². The number of nitrogens with two attached hydrogens (primary N) is 1. The number of carbonyl (C=O) groups excluding carboxylic acids is 2. The lowest BCUT2D eigenvalue weighted by atomic mass is 10.0. The van der Waals surface area contributed by atoms with E-state index in [0.717, 1.165) is 5.56 Å². The van der Waals surface area contributed by atoms with E-state index in [-0.39, 0.29) is 18.4 Å². The Kier molecular flexibility index (Phi) is 7.07. The van der Waals surface area contributed by atoms with Crippen LogP contribution in [-0.4, -0.2) is 65.5 Å². The van der Waals surface area contributed by atoms with Crippen molar-refractivity contribution in [3.05, 3.63) is 56.2 Å². The van der Waals surface area contributed by atoms with E-state index in [1.165, 1.54) is 25.2 Å². The predicted molar refractivity (Wildman–Crippen MR) is 137 cm³/mol. The standard InChI is InChI=1S/C24H30ClN3O5S2/c1-23(2,19(26)12-29)35(32,33)24(8-9-24)14-28-10-7-17-18(13-34-20(17)22(28)31)21(30)27-11-15-3-5-16(25)6-4-15/h3-6,13,19,29H,7-12,14,26H2,1-2H3,(H,27,30)/t19-/m1/s1. The summed E-state index contributed by atoms with van der Waals surface area (Å²) in [7, 11) is -3.73. The summed E-state index contributed by atoms with van der Waals surface area (Å²) in [6.45, 7) is 3.40. The molecule has 0 unspecified atom stereocenters. The zero-order valence-corrected chi connectivity index (χ0v) is 22.1. The summed E-state index contributed by atoms with van der Waals surface area (Å²) in [5.74, 6) is -0.501. The first-order valence-electron chi connectivity index (χ1n) is 11.5. The van der Waals surface area contributed by atoms with Gasteiger partial charge in [-0.2, -0.15) is 0 Å². The first-order chi connectivity index (χ1) is 16.4. The molecule has 1 aliphatic heterocycles. The van der Waals surface area contributed by atoms with Gasteiger partial charge >= 0.3 is 0 Å². The van der Waals surface area contributed by atoms with Gasteiger partial charge in [0.05, 0.1) is 26.5 Å². The first kappa shape index (κ1) is 26.1. The van der Waals surface area contributed by atoms with Crippen molar-refractivity contribution in [1.82, 2.24) is 10.2 Å². The van der Waals surface area contributed by atoms with Gasteiger partial charge in [0.2, 0.25) is 0 Å². The van der Waals surface area contributed by atoms with Crippen molar-refractivity contribution >= 4 is 44.6 Å². The topological polar surface area (TPSA) is 130 Å². The van der Waals surface area contributed by atoms with Crippen molar-refractivity contribution in [1.29, 1.82) is 0 Å². The Morgan fingerprint density at radius 2 is 1.97 bits per heavy atom. The molecule has 0 saturated heterocycles. The number of thiophene rings is 1. The largest absolute Gasteiger partial charge is 0.395 e. The number of rotatable bonds is 9. The molecule has 0 bridgehead atoms. The van der Waals surface area contributed by atoms with Crippen molar-refractivity contribution in [2.24, 2.45) is 5.73 Å². The first-order valence-corrected chi connectivity index (χ1v) is 14.2. The number of aliphatic hydroxyl groups excluding tert-OH is 1. The fourth-order valence-corrected chi connectivity index (χ4v) is 8.25. The van der Waals surface area contributed by atoms with Crippen LogP contribution in [0.2, 0.25) is 5.02 Å². The minimum atomic E-state index is -3.73. The van der Waals surface area contributed by atoms with Crippen molar-refractivity contribution in [3.63, 3.8) is 0 Å². The molecular formula is C24H30ClN3O5S2. The highest BCUT2D eigenvalue weighted by atomic mass is 35.5. The molecule has 1 aromatic carbocycles. The summed E-state index contributed by atoms with van der Waals surface area (Å²) in [6.07, 6.45) is 1.39. The van der Waals surface area contributed by atoms with Gasteiger partial charge in [-0.05, 0) is 56.4 Å². The van der Waals surface area contributed by atoms with Gasteiger partial charge in [-0.15, -0.1) is 11.3 Å².